The highest BCUT2D eigenvalue weighted by atomic mass is 16.4. The van der Waals surface area contributed by atoms with Gasteiger partial charge in [0.15, 0.2) is 0 Å². The molecule has 5 heteroatoms. The van der Waals surface area contributed by atoms with Gasteiger partial charge in [0.1, 0.15) is 5.65 Å². The molecule has 5 rings (SSSR count). The number of fused-ring (bicyclic) bond motifs is 1. The van der Waals surface area contributed by atoms with Crippen molar-refractivity contribution in [1.29, 1.82) is 0 Å². The number of rotatable bonds is 7. The monoisotopic (exact) mass is 433 g/mol. The van der Waals surface area contributed by atoms with Crippen LogP contribution in [0.15, 0.2) is 103 Å². The summed E-state index contributed by atoms with van der Waals surface area (Å²) in [5.41, 5.74) is 7.99. The van der Waals surface area contributed by atoms with Crippen LogP contribution >= 0.6 is 0 Å². The third kappa shape index (κ3) is 4.62. The lowest BCUT2D eigenvalue weighted by atomic mass is 10.0. The Morgan fingerprint density at radius 3 is 2.42 bits per heavy atom. The lowest BCUT2D eigenvalue weighted by Gasteiger charge is -2.09. The van der Waals surface area contributed by atoms with Crippen molar-refractivity contribution in [2.75, 3.05) is 5.32 Å². The van der Waals surface area contributed by atoms with E-state index in [0.29, 0.717) is 0 Å². The van der Waals surface area contributed by atoms with Crippen LogP contribution in [-0.4, -0.2) is 20.5 Å². The molecule has 0 unspecified atom stereocenters. The molecule has 2 aromatic heterocycles. The highest BCUT2D eigenvalue weighted by Gasteiger charge is 2.09. The molecule has 5 aromatic rings. The average molecular weight is 434 g/mol. The number of pyridine rings is 1. The normalized spacial score (nSPS) is 10.9. The topological polar surface area (TPSA) is 66.6 Å². The highest BCUT2D eigenvalue weighted by Crippen LogP contribution is 2.27. The molecule has 0 aliphatic rings. The van der Waals surface area contributed by atoms with E-state index in [1.54, 1.807) is 0 Å². The summed E-state index contributed by atoms with van der Waals surface area (Å²) in [6, 6.07) is 30.4. The van der Waals surface area contributed by atoms with Crippen molar-refractivity contribution >= 4 is 17.3 Å². The van der Waals surface area contributed by atoms with Crippen LogP contribution in [0.4, 0.5) is 5.69 Å². The Morgan fingerprint density at radius 1 is 0.818 bits per heavy atom. The molecule has 3 aromatic carbocycles. The second-order valence-corrected chi connectivity index (χ2v) is 7.98. The average Bonchev–Trinajstić information content (AvgIpc) is 3.27. The van der Waals surface area contributed by atoms with Gasteiger partial charge < -0.3 is 10.4 Å². The first-order chi connectivity index (χ1) is 16.2. The Hall–Kier alpha value is -4.38. The number of hydrogen-bond acceptors (Lipinski definition) is 3. The number of aromatic nitrogens is 2. The van der Waals surface area contributed by atoms with Gasteiger partial charge in [0.05, 0.1) is 18.3 Å². The van der Waals surface area contributed by atoms with Crippen LogP contribution in [0.2, 0.25) is 0 Å². The number of carbonyl (C=O) groups is 1. The Morgan fingerprint density at radius 2 is 1.58 bits per heavy atom. The van der Waals surface area contributed by atoms with E-state index in [2.05, 4.69) is 45.0 Å². The summed E-state index contributed by atoms with van der Waals surface area (Å²) >= 11 is 0. The van der Waals surface area contributed by atoms with Crippen molar-refractivity contribution in [1.82, 2.24) is 9.38 Å². The lowest BCUT2D eigenvalue weighted by Crippen LogP contribution is -2.00. The summed E-state index contributed by atoms with van der Waals surface area (Å²) in [7, 11) is 0. The molecule has 5 nitrogen and oxygen atoms in total. The molecule has 33 heavy (non-hydrogen) atoms. The van der Waals surface area contributed by atoms with Gasteiger partial charge in [-0.15, -0.1) is 0 Å². The lowest BCUT2D eigenvalue weighted by molar-refractivity contribution is -0.136. The first kappa shape index (κ1) is 20.5. The highest BCUT2D eigenvalue weighted by molar-refractivity contribution is 5.74. The number of nitrogens with zero attached hydrogens (tertiary/aromatic N) is 2. The SMILES string of the molecule is O=C(O)Cc1cccc(-c2ccn3c(-c4cccc(NCc5ccccc5)c4)cnc3c2)c1. The number of anilines is 1. The van der Waals surface area contributed by atoms with Crippen molar-refractivity contribution in [3.63, 3.8) is 0 Å². The van der Waals surface area contributed by atoms with Gasteiger partial charge in [-0.2, -0.15) is 0 Å². The fraction of sp³-hybridized carbons (Fsp3) is 0.0714. The molecule has 0 radical (unpaired) electrons. The Kier molecular flexibility index (Phi) is 5.60. The zero-order valence-electron chi connectivity index (χ0n) is 18.0. The number of imidazole rings is 1. The van der Waals surface area contributed by atoms with Gasteiger partial charge in [-0.1, -0.05) is 66.7 Å². The van der Waals surface area contributed by atoms with E-state index >= 15 is 0 Å². The van der Waals surface area contributed by atoms with Crippen LogP contribution in [0.1, 0.15) is 11.1 Å². The van der Waals surface area contributed by atoms with E-state index in [1.165, 1.54) is 5.56 Å². The molecule has 0 amide bonds. The largest absolute Gasteiger partial charge is 0.481 e. The van der Waals surface area contributed by atoms with E-state index < -0.39 is 5.97 Å². The summed E-state index contributed by atoms with van der Waals surface area (Å²) in [6.07, 6.45) is 3.91. The molecule has 162 valence electrons. The maximum Gasteiger partial charge on any atom is 0.307 e. The number of carboxylic acid groups (broad SMARTS) is 1. The summed E-state index contributed by atoms with van der Waals surface area (Å²) < 4.78 is 2.07. The van der Waals surface area contributed by atoms with Crippen LogP contribution in [0.3, 0.4) is 0 Å². The van der Waals surface area contributed by atoms with Gasteiger partial charge in [0, 0.05) is 24.0 Å². The van der Waals surface area contributed by atoms with Crippen molar-refractivity contribution in [2.45, 2.75) is 13.0 Å². The molecule has 0 saturated heterocycles. The molecule has 0 atom stereocenters. The maximum atomic E-state index is 11.0. The standard InChI is InChI=1S/C28H23N3O2/c32-28(33)15-21-8-4-9-22(14-21)23-12-13-31-26(19-30-27(31)17-23)24-10-5-11-25(16-24)29-18-20-6-2-1-3-7-20/h1-14,16-17,19,29H,15,18H2,(H,32,33). The zero-order chi connectivity index (χ0) is 22.6. The number of carboxylic acids is 1. The van der Waals surface area contributed by atoms with Crippen molar-refractivity contribution in [3.8, 4) is 22.4 Å². The van der Waals surface area contributed by atoms with Crippen molar-refractivity contribution in [3.05, 3.63) is 115 Å². The summed E-state index contributed by atoms with van der Waals surface area (Å²) in [4.78, 5) is 15.7. The van der Waals surface area contributed by atoms with E-state index in [4.69, 9.17) is 5.11 Å². The number of aliphatic carboxylic acids is 1. The summed E-state index contributed by atoms with van der Waals surface area (Å²) in [6.45, 7) is 0.766. The van der Waals surface area contributed by atoms with Gasteiger partial charge in [-0.05, 0) is 46.5 Å². The minimum Gasteiger partial charge on any atom is -0.481 e. The van der Waals surface area contributed by atoms with Crippen LogP contribution in [0.5, 0.6) is 0 Å². The summed E-state index contributed by atoms with van der Waals surface area (Å²) in [5.74, 6) is -0.832. The first-order valence-corrected chi connectivity index (χ1v) is 10.8. The summed E-state index contributed by atoms with van der Waals surface area (Å²) in [5, 5.41) is 12.6. The fourth-order valence-corrected chi connectivity index (χ4v) is 4.00. The fourth-order valence-electron chi connectivity index (χ4n) is 4.00. The van der Waals surface area contributed by atoms with Crippen LogP contribution in [0, 0.1) is 0 Å². The smallest absolute Gasteiger partial charge is 0.307 e. The van der Waals surface area contributed by atoms with E-state index in [0.717, 1.165) is 45.8 Å². The van der Waals surface area contributed by atoms with Gasteiger partial charge in [-0.3, -0.25) is 9.20 Å². The predicted octanol–water partition coefficient (Wildman–Crippen LogP) is 5.91. The van der Waals surface area contributed by atoms with Crippen molar-refractivity contribution in [2.24, 2.45) is 0 Å². The second kappa shape index (κ2) is 9.01. The van der Waals surface area contributed by atoms with Crippen LogP contribution < -0.4 is 5.32 Å². The number of nitrogens with one attached hydrogen (secondary N) is 1. The number of benzene rings is 3. The Labute approximate surface area is 192 Å². The molecule has 0 aliphatic carbocycles. The first-order valence-electron chi connectivity index (χ1n) is 10.8. The second-order valence-electron chi connectivity index (χ2n) is 7.98. The molecule has 0 spiro atoms. The minimum atomic E-state index is -0.832. The van der Waals surface area contributed by atoms with E-state index in [9.17, 15) is 4.79 Å². The zero-order valence-corrected chi connectivity index (χ0v) is 18.0. The third-order valence-corrected chi connectivity index (χ3v) is 5.63. The molecular formula is C28H23N3O2. The number of hydrogen-bond donors (Lipinski definition) is 2. The molecule has 0 bridgehead atoms. The third-order valence-electron chi connectivity index (χ3n) is 5.63. The molecular weight excluding hydrogens is 410 g/mol. The van der Waals surface area contributed by atoms with Crippen molar-refractivity contribution < 1.29 is 9.90 Å². The van der Waals surface area contributed by atoms with E-state index in [-0.39, 0.29) is 6.42 Å². The Balaban J connectivity index is 1.41. The van der Waals surface area contributed by atoms with E-state index in [1.807, 2.05) is 73.1 Å². The van der Waals surface area contributed by atoms with Gasteiger partial charge in [-0.25, -0.2) is 4.98 Å². The van der Waals surface area contributed by atoms with Gasteiger partial charge >= 0.3 is 5.97 Å². The molecule has 0 aliphatic heterocycles. The maximum absolute atomic E-state index is 11.0. The molecule has 0 fully saturated rings. The van der Waals surface area contributed by atoms with Gasteiger partial charge in [0.2, 0.25) is 0 Å². The molecule has 0 saturated carbocycles. The van der Waals surface area contributed by atoms with Gasteiger partial charge in [0.25, 0.3) is 0 Å². The molecule has 2 heterocycles. The predicted molar refractivity (Wildman–Crippen MR) is 131 cm³/mol. The molecule has 2 N–H and O–H groups in total. The minimum absolute atomic E-state index is 0.0122. The quantitative estimate of drug-likeness (QED) is 0.335. The van der Waals surface area contributed by atoms with Crippen LogP contribution in [0.25, 0.3) is 28.0 Å². The Bertz CT molecular complexity index is 1420. The van der Waals surface area contributed by atoms with Crippen LogP contribution in [-0.2, 0) is 17.8 Å².